The van der Waals surface area contributed by atoms with E-state index in [1.54, 1.807) is 30.7 Å². The van der Waals surface area contributed by atoms with Gasteiger partial charge in [0.2, 0.25) is 5.95 Å². The Balaban J connectivity index is 1.62. The number of likely N-dealkylation sites (N-methyl/N-ethyl adjacent to an activating group) is 1. The molecule has 10 heteroatoms. The van der Waals surface area contributed by atoms with Gasteiger partial charge in [-0.2, -0.15) is 14.6 Å². The summed E-state index contributed by atoms with van der Waals surface area (Å²) in [6.07, 6.45) is 5.61. The third-order valence-electron chi connectivity index (χ3n) is 5.21. The van der Waals surface area contributed by atoms with Gasteiger partial charge in [-0.05, 0) is 61.3 Å². The van der Waals surface area contributed by atoms with Crippen molar-refractivity contribution < 1.29 is 4.21 Å². The predicted molar refractivity (Wildman–Crippen MR) is 131 cm³/mol. The smallest absolute Gasteiger partial charge is 0.229 e. The van der Waals surface area contributed by atoms with E-state index in [9.17, 15) is 9.47 Å². The van der Waals surface area contributed by atoms with Gasteiger partial charge in [0.15, 0.2) is 11.6 Å². The summed E-state index contributed by atoms with van der Waals surface area (Å²) in [6, 6.07) is 11.5. The summed E-state index contributed by atoms with van der Waals surface area (Å²) in [5.41, 5.74) is 5.12. The summed E-state index contributed by atoms with van der Waals surface area (Å²) in [6.45, 7) is 4.09. The molecule has 0 amide bonds. The second kappa shape index (κ2) is 9.13. The number of aryl methyl sites for hydroxylation is 1. The van der Waals surface area contributed by atoms with Crippen molar-refractivity contribution in [2.45, 2.75) is 19.9 Å². The van der Waals surface area contributed by atoms with Gasteiger partial charge in [-0.15, -0.1) is 0 Å². The molecule has 170 valence electrons. The summed E-state index contributed by atoms with van der Waals surface area (Å²) in [5.74, 6) is 1.47. The molecule has 1 aromatic carbocycles. The first-order chi connectivity index (χ1) is 15.7. The van der Waals surface area contributed by atoms with Crippen LogP contribution in [-0.2, 0) is 22.7 Å². The van der Waals surface area contributed by atoms with Crippen molar-refractivity contribution in [2.75, 3.05) is 36.7 Å². The SMILES string of the molecule is Cc1cc(Nc2ncc(C#N)c(Nc3cccc(N=S(C)(C)=O)n3)n2)cc2c1CCN(C)C2. The Bertz CT molecular complexity index is 1360. The molecular formula is C23H26N8OS. The van der Waals surface area contributed by atoms with E-state index in [0.717, 1.165) is 25.2 Å². The van der Waals surface area contributed by atoms with Gasteiger partial charge < -0.3 is 15.5 Å². The van der Waals surface area contributed by atoms with E-state index in [1.807, 2.05) is 0 Å². The molecule has 0 bridgehead atoms. The molecule has 0 spiro atoms. The van der Waals surface area contributed by atoms with Crippen molar-refractivity contribution in [1.82, 2.24) is 19.9 Å². The van der Waals surface area contributed by atoms with Crippen LogP contribution in [0.1, 0.15) is 22.3 Å². The number of nitrogens with zero attached hydrogens (tertiary/aromatic N) is 6. The summed E-state index contributed by atoms with van der Waals surface area (Å²) in [7, 11) is -0.220. The molecule has 3 heterocycles. The Morgan fingerprint density at radius 1 is 1.21 bits per heavy atom. The summed E-state index contributed by atoms with van der Waals surface area (Å²) in [5, 5.41) is 15.8. The average Bonchev–Trinajstić information content (AvgIpc) is 2.73. The molecule has 0 saturated heterocycles. The molecule has 1 aliphatic heterocycles. The Morgan fingerprint density at radius 2 is 2.03 bits per heavy atom. The number of pyridine rings is 1. The molecule has 0 unspecified atom stereocenters. The molecule has 2 aromatic heterocycles. The highest BCUT2D eigenvalue weighted by molar-refractivity contribution is 7.92. The molecule has 1 aliphatic rings. The van der Waals surface area contributed by atoms with Gasteiger partial charge >= 0.3 is 0 Å². The molecule has 0 saturated carbocycles. The van der Waals surface area contributed by atoms with Crippen molar-refractivity contribution in [3.05, 3.63) is 58.8 Å². The molecule has 0 atom stereocenters. The van der Waals surface area contributed by atoms with Crippen molar-refractivity contribution in [2.24, 2.45) is 4.36 Å². The van der Waals surface area contributed by atoms with Gasteiger partial charge in [0.05, 0.1) is 6.20 Å². The number of hydrogen-bond donors (Lipinski definition) is 2. The minimum Gasteiger partial charge on any atom is -0.324 e. The van der Waals surface area contributed by atoms with Crippen molar-refractivity contribution in [1.29, 1.82) is 5.26 Å². The second-order valence-electron chi connectivity index (χ2n) is 8.39. The van der Waals surface area contributed by atoms with Gasteiger partial charge in [0.25, 0.3) is 0 Å². The van der Waals surface area contributed by atoms with Crippen LogP contribution in [-0.4, -0.2) is 50.2 Å². The molecule has 0 aliphatic carbocycles. The largest absolute Gasteiger partial charge is 0.324 e. The number of fused-ring (bicyclic) bond motifs is 1. The van der Waals surface area contributed by atoms with E-state index in [0.29, 0.717) is 23.4 Å². The van der Waals surface area contributed by atoms with E-state index >= 15 is 0 Å². The van der Waals surface area contributed by atoms with Crippen LogP contribution in [0.3, 0.4) is 0 Å². The van der Waals surface area contributed by atoms with E-state index < -0.39 is 9.73 Å². The van der Waals surface area contributed by atoms with Crippen molar-refractivity contribution >= 4 is 38.8 Å². The van der Waals surface area contributed by atoms with Crippen LogP contribution in [0, 0.1) is 18.3 Å². The van der Waals surface area contributed by atoms with Crippen molar-refractivity contribution in [3.8, 4) is 6.07 Å². The monoisotopic (exact) mass is 462 g/mol. The number of hydrogen-bond acceptors (Lipinski definition) is 9. The molecule has 0 fully saturated rings. The lowest BCUT2D eigenvalue weighted by Crippen LogP contribution is -2.27. The lowest BCUT2D eigenvalue weighted by atomic mass is 9.94. The van der Waals surface area contributed by atoms with Crippen molar-refractivity contribution in [3.63, 3.8) is 0 Å². The van der Waals surface area contributed by atoms with Gasteiger partial charge in [-0.3, -0.25) is 0 Å². The molecule has 4 rings (SSSR count). The van der Waals surface area contributed by atoms with Gasteiger partial charge in [0, 0.05) is 41.0 Å². The van der Waals surface area contributed by atoms with Gasteiger partial charge in [0.1, 0.15) is 17.5 Å². The highest BCUT2D eigenvalue weighted by atomic mass is 32.2. The Kier molecular flexibility index (Phi) is 6.26. The molecule has 2 N–H and O–H groups in total. The maximum Gasteiger partial charge on any atom is 0.229 e. The minimum absolute atomic E-state index is 0.280. The molecule has 3 aromatic rings. The fraction of sp³-hybridized carbons (Fsp3) is 0.304. The molecule has 0 radical (unpaired) electrons. The number of rotatable bonds is 5. The number of nitrogens with one attached hydrogen (secondary N) is 2. The normalized spacial score (nSPS) is 13.7. The third-order valence-corrected chi connectivity index (χ3v) is 5.84. The van der Waals surface area contributed by atoms with Crippen LogP contribution in [0.15, 0.2) is 40.9 Å². The van der Waals surface area contributed by atoms with Crippen LogP contribution >= 0.6 is 0 Å². The maximum atomic E-state index is 12.0. The number of anilines is 4. The van der Waals surface area contributed by atoms with E-state index in [1.165, 1.54) is 22.9 Å². The Morgan fingerprint density at radius 3 is 2.79 bits per heavy atom. The molecule has 9 nitrogen and oxygen atoms in total. The molecular weight excluding hydrogens is 436 g/mol. The van der Waals surface area contributed by atoms with Crippen LogP contribution in [0.2, 0.25) is 0 Å². The topological polar surface area (TPSA) is 119 Å². The fourth-order valence-corrected chi connectivity index (χ4v) is 4.32. The maximum absolute atomic E-state index is 12.0. The lowest BCUT2D eigenvalue weighted by Gasteiger charge is -2.27. The number of nitriles is 1. The first kappa shape index (κ1) is 22.6. The number of aromatic nitrogens is 3. The highest BCUT2D eigenvalue weighted by Crippen LogP contribution is 2.28. The summed E-state index contributed by atoms with van der Waals surface area (Å²) < 4.78 is 16.1. The van der Waals surface area contributed by atoms with Gasteiger partial charge in [-0.1, -0.05) is 6.07 Å². The highest BCUT2D eigenvalue weighted by Gasteiger charge is 2.17. The minimum atomic E-state index is -2.34. The summed E-state index contributed by atoms with van der Waals surface area (Å²) in [4.78, 5) is 15.5. The van der Waals surface area contributed by atoms with Crippen LogP contribution in [0.4, 0.5) is 29.1 Å². The second-order valence-corrected chi connectivity index (χ2v) is 10.9. The van der Waals surface area contributed by atoms with Crippen LogP contribution < -0.4 is 10.6 Å². The first-order valence-electron chi connectivity index (χ1n) is 10.5. The zero-order chi connectivity index (χ0) is 23.6. The van der Waals surface area contributed by atoms with E-state index in [2.05, 4.69) is 67.0 Å². The quantitative estimate of drug-likeness (QED) is 0.586. The molecule has 33 heavy (non-hydrogen) atoms. The first-order valence-corrected chi connectivity index (χ1v) is 12.8. The van der Waals surface area contributed by atoms with Crippen LogP contribution in [0.25, 0.3) is 0 Å². The number of benzene rings is 1. The zero-order valence-electron chi connectivity index (χ0n) is 19.1. The Labute approximate surface area is 194 Å². The van der Waals surface area contributed by atoms with E-state index in [-0.39, 0.29) is 5.56 Å². The lowest BCUT2D eigenvalue weighted by molar-refractivity contribution is 0.312. The fourth-order valence-electron chi connectivity index (χ4n) is 3.77. The van der Waals surface area contributed by atoms with Gasteiger partial charge in [-0.25, -0.2) is 14.2 Å². The predicted octanol–water partition coefficient (Wildman–Crippen LogP) is 3.89. The third kappa shape index (κ3) is 5.63. The zero-order valence-corrected chi connectivity index (χ0v) is 19.9. The van der Waals surface area contributed by atoms with Crippen LogP contribution in [0.5, 0.6) is 0 Å². The average molecular weight is 463 g/mol. The standard InChI is InChI=1S/C23H26N8OS/c1-15-10-18(11-16-14-31(2)9-8-19(15)16)26-23-25-13-17(12-24)22(29-23)28-20-6-5-7-21(27-20)30-33(3,4)32/h5-7,10-11,13H,8-9,14H2,1-4H3,(H2,25,26,27,28,29). The Hall–Kier alpha value is -3.55. The van der Waals surface area contributed by atoms with E-state index in [4.69, 9.17) is 0 Å². The summed E-state index contributed by atoms with van der Waals surface area (Å²) >= 11 is 0.